The van der Waals surface area contributed by atoms with Crippen LogP contribution in [0, 0.1) is 0 Å². The third-order valence-electron chi connectivity index (χ3n) is 3.09. The largest absolute Gasteiger partial charge is 0.381 e. The topological polar surface area (TPSA) is 27.3 Å². The summed E-state index contributed by atoms with van der Waals surface area (Å²) in [5.74, 6) is 0. The maximum atomic E-state index is 3.48. The van der Waals surface area contributed by atoms with Crippen molar-refractivity contribution in [2.45, 2.75) is 6.04 Å². The van der Waals surface area contributed by atoms with E-state index in [0.29, 0.717) is 6.04 Å². The van der Waals surface area contributed by atoms with E-state index >= 15 is 0 Å². The molecule has 2 aliphatic rings. The number of piperazine rings is 1. The Morgan fingerprint density at radius 1 is 1.12 bits per heavy atom. The first-order chi connectivity index (χ1) is 6.95. The van der Waals surface area contributed by atoms with Crippen molar-refractivity contribution in [3.63, 3.8) is 0 Å². The molecule has 0 bridgehead atoms. The summed E-state index contributed by atoms with van der Waals surface area (Å²) >= 11 is 0. The van der Waals surface area contributed by atoms with Crippen LogP contribution in [0.2, 0.25) is 0 Å². The normalized spacial score (nSPS) is 21.8. The molecule has 0 radical (unpaired) electrons. The van der Waals surface area contributed by atoms with Crippen LogP contribution in [0.1, 0.15) is 0 Å². The lowest BCUT2D eigenvalue weighted by Gasteiger charge is -2.42. The van der Waals surface area contributed by atoms with Gasteiger partial charge in [-0.2, -0.15) is 0 Å². The Labute approximate surface area is 108 Å². The van der Waals surface area contributed by atoms with Gasteiger partial charge in [-0.15, -0.1) is 24.8 Å². The molecular formula is C11H17Cl2N3. The number of benzene rings is 1. The van der Waals surface area contributed by atoms with E-state index in [-0.39, 0.29) is 24.8 Å². The van der Waals surface area contributed by atoms with E-state index in [1.165, 1.54) is 11.4 Å². The minimum Gasteiger partial charge on any atom is -0.381 e. The molecule has 5 heteroatoms. The minimum absolute atomic E-state index is 0. The number of para-hydroxylation sites is 2. The molecule has 0 amide bonds. The van der Waals surface area contributed by atoms with Crippen LogP contribution in [-0.2, 0) is 0 Å². The fourth-order valence-corrected chi connectivity index (χ4v) is 2.36. The van der Waals surface area contributed by atoms with Gasteiger partial charge in [0.25, 0.3) is 0 Å². The third kappa shape index (κ3) is 2.21. The highest BCUT2D eigenvalue weighted by Crippen LogP contribution is 2.31. The van der Waals surface area contributed by atoms with E-state index in [1.807, 2.05) is 0 Å². The summed E-state index contributed by atoms with van der Waals surface area (Å²) < 4.78 is 0. The number of rotatable bonds is 0. The van der Waals surface area contributed by atoms with Crippen molar-refractivity contribution in [3.8, 4) is 0 Å². The zero-order valence-corrected chi connectivity index (χ0v) is 10.6. The predicted molar refractivity (Wildman–Crippen MR) is 73.4 cm³/mol. The predicted octanol–water partition coefficient (Wildman–Crippen LogP) is 1.73. The third-order valence-corrected chi connectivity index (χ3v) is 3.09. The van der Waals surface area contributed by atoms with Gasteiger partial charge in [0.1, 0.15) is 0 Å². The molecule has 3 nitrogen and oxygen atoms in total. The van der Waals surface area contributed by atoms with Crippen LogP contribution in [0.5, 0.6) is 0 Å². The molecule has 2 aliphatic heterocycles. The van der Waals surface area contributed by atoms with Gasteiger partial charge in [0, 0.05) is 26.2 Å². The Balaban J connectivity index is 0.000000640. The van der Waals surface area contributed by atoms with Crippen LogP contribution < -0.4 is 15.5 Å². The van der Waals surface area contributed by atoms with Gasteiger partial charge < -0.3 is 15.5 Å². The van der Waals surface area contributed by atoms with E-state index in [4.69, 9.17) is 0 Å². The smallest absolute Gasteiger partial charge is 0.0606 e. The van der Waals surface area contributed by atoms with Gasteiger partial charge in [-0.25, -0.2) is 0 Å². The number of hydrogen-bond donors (Lipinski definition) is 2. The molecule has 1 unspecified atom stereocenters. The first-order valence-corrected chi connectivity index (χ1v) is 5.25. The van der Waals surface area contributed by atoms with Gasteiger partial charge in [0.2, 0.25) is 0 Å². The Bertz CT molecular complexity index is 346. The lowest BCUT2D eigenvalue weighted by atomic mass is 10.1. The summed E-state index contributed by atoms with van der Waals surface area (Å²) in [6.07, 6.45) is 0. The standard InChI is InChI=1S/C11H15N3.2ClH/c1-2-4-11-10(3-1)13-8-9-7-12-5-6-14(9)11;;/h1-4,9,12-13H,5-8H2;2*1H. The molecule has 0 aromatic heterocycles. The SMILES string of the molecule is Cl.Cl.c1ccc2c(c1)NCC1CNCCN21. The lowest BCUT2D eigenvalue weighted by Crippen LogP contribution is -2.56. The highest BCUT2D eigenvalue weighted by molar-refractivity contribution is 5.85. The van der Waals surface area contributed by atoms with Gasteiger partial charge in [-0.1, -0.05) is 12.1 Å². The van der Waals surface area contributed by atoms with Crippen molar-refractivity contribution >= 4 is 36.2 Å². The molecule has 1 atom stereocenters. The van der Waals surface area contributed by atoms with Crippen molar-refractivity contribution in [1.82, 2.24) is 5.32 Å². The first kappa shape index (κ1) is 13.4. The van der Waals surface area contributed by atoms with Crippen LogP contribution >= 0.6 is 24.8 Å². The minimum atomic E-state index is 0. The van der Waals surface area contributed by atoms with Crippen molar-refractivity contribution in [1.29, 1.82) is 0 Å². The Kier molecular flexibility index (Phi) is 4.71. The van der Waals surface area contributed by atoms with Crippen LogP contribution in [0.4, 0.5) is 11.4 Å². The molecule has 16 heavy (non-hydrogen) atoms. The fourth-order valence-electron chi connectivity index (χ4n) is 2.36. The van der Waals surface area contributed by atoms with Crippen molar-refractivity contribution < 1.29 is 0 Å². The van der Waals surface area contributed by atoms with Crippen molar-refractivity contribution in [2.75, 3.05) is 36.4 Å². The van der Waals surface area contributed by atoms with E-state index in [0.717, 1.165) is 26.2 Å². The maximum absolute atomic E-state index is 3.48. The average molecular weight is 262 g/mol. The van der Waals surface area contributed by atoms with Gasteiger partial charge in [0.05, 0.1) is 17.4 Å². The van der Waals surface area contributed by atoms with Gasteiger partial charge >= 0.3 is 0 Å². The van der Waals surface area contributed by atoms with Gasteiger partial charge in [-0.3, -0.25) is 0 Å². The Hall–Kier alpha value is -0.640. The number of nitrogens with zero attached hydrogens (tertiary/aromatic N) is 1. The summed E-state index contributed by atoms with van der Waals surface area (Å²) in [6.45, 7) is 4.39. The highest BCUT2D eigenvalue weighted by Gasteiger charge is 2.27. The summed E-state index contributed by atoms with van der Waals surface area (Å²) in [5, 5.41) is 6.91. The summed E-state index contributed by atoms with van der Waals surface area (Å²) in [6, 6.07) is 9.20. The number of halogens is 2. The Morgan fingerprint density at radius 2 is 1.94 bits per heavy atom. The molecule has 3 rings (SSSR count). The van der Waals surface area contributed by atoms with Crippen molar-refractivity contribution in [3.05, 3.63) is 24.3 Å². The average Bonchev–Trinajstić information content (AvgIpc) is 2.29. The molecule has 1 aromatic carbocycles. The monoisotopic (exact) mass is 261 g/mol. The highest BCUT2D eigenvalue weighted by atomic mass is 35.5. The first-order valence-electron chi connectivity index (χ1n) is 5.25. The zero-order chi connectivity index (χ0) is 9.38. The van der Waals surface area contributed by atoms with E-state index in [1.54, 1.807) is 0 Å². The number of fused-ring (bicyclic) bond motifs is 3. The lowest BCUT2D eigenvalue weighted by molar-refractivity contribution is 0.482. The zero-order valence-electron chi connectivity index (χ0n) is 8.98. The molecule has 0 spiro atoms. The maximum Gasteiger partial charge on any atom is 0.0606 e. The molecule has 1 fully saturated rings. The van der Waals surface area contributed by atoms with E-state index in [2.05, 4.69) is 39.8 Å². The van der Waals surface area contributed by atoms with Crippen LogP contribution in [0.15, 0.2) is 24.3 Å². The summed E-state index contributed by atoms with van der Waals surface area (Å²) in [4.78, 5) is 2.52. The van der Waals surface area contributed by atoms with Crippen LogP contribution in [0.25, 0.3) is 0 Å². The number of hydrogen-bond acceptors (Lipinski definition) is 3. The van der Waals surface area contributed by atoms with Crippen LogP contribution in [0.3, 0.4) is 0 Å². The second kappa shape index (κ2) is 5.62. The van der Waals surface area contributed by atoms with Gasteiger partial charge in [-0.05, 0) is 12.1 Å². The summed E-state index contributed by atoms with van der Waals surface area (Å²) in [5.41, 5.74) is 2.65. The number of nitrogens with one attached hydrogen (secondary N) is 2. The molecule has 2 heterocycles. The second-order valence-corrected chi connectivity index (χ2v) is 3.95. The molecule has 1 aromatic rings. The molecular weight excluding hydrogens is 245 g/mol. The Morgan fingerprint density at radius 3 is 2.81 bits per heavy atom. The second-order valence-electron chi connectivity index (χ2n) is 3.95. The van der Waals surface area contributed by atoms with Crippen LogP contribution in [-0.4, -0.2) is 32.2 Å². The number of anilines is 2. The van der Waals surface area contributed by atoms with Gasteiger partial charge in [0.15, 0.2) is 0 Å². The molecule has 90 valence electrons. The van der Waals surface area contributed by atoms with E-state index in [9.17, 15) is 0 Å². The van der Waals surface area contributed by atoms with Crippen molar-refractivity contribution in [2.24, 2.45) is 0 Å². The van der Waals surface area contributed by atoms with E-state index < -0.39 is 0 Å². The molecule has 0 saturated carbocycles. The quantitative estimate of drug-likeness (QED) is 0.745. The fraction of sp³-hybridized carbons (Fsp3) is 0.455. The molecule has 2 N–H and O–H groups in total. The molecule has 1 saturated heterocycles. The summed E-state index contributed by atoms with van der Waals surface area (Å²) in [7, 11) is 0. The molecule has 0 aliphatic carbocycles.